The molecule has 132 valence electrons. The molecule has 2 heterocycles. The highest BCUT2D eigenvalue weighted by Gasteiger charge is 2.32. The predicted octanol–water partition coefficient (Wildman–Crippen LogP) is 4.07. The first-order valence-electron chi connectivity index (χ1n) is 8.23. The Morgan fingerprint density at radius 2 is 2.28 bits per heavy atom. The Morgan fingerprint density at radius 3 is 3.00 bits per heavy atom. The Hall–Kier alpha value is -2.08. The standard InChI is InChI=1S/C19H21FN2O2S/c1-24-17-8-7-13(11-15(17)20)16-6-4-10-22(16)19(23)18-14(12-25-2)5-3-9-21-18/h3,5,7-9,11,16H,4,6,10,12H2,1-2H3. The lowest BCUT2D eigenvalue weighted by molar-refractivity contribution is 0.0728. The van der Waals surface area contributed by atoms with Crippen LogP contribution in [0.2, 0.25) is 0 Å². The monoisotopic (exact) mass is 360 g/mol. The Kier molecular flexibility index (Phi) is 5.58. The second kappa shape index (κ2) is 7.87. The van der Waals surface area contributed by atoms with Crippen LogP contribution < -0.4 is 4.74 Å². The minimum absolute atomic E-state index is 0.0802. The van der Waals surface area contributed by atoms with E-state index < -0.39 is 5.82 Å². The molecule has 4 nitrogen and oxygen atoms in total. The highest BCUT2D eigenvalue weighted by Crippen LogP contribution is 2.35. The molecule has 0 N–H and O–H groups in total. The number of ether oxygens (including phenoxy) is 1. The van der Waals surface area contributed by atoms with Crippen LogP contribution in [0.4, 0.5) is 4.39 Å². The van der Waals surface area contributed by atoms with E-state index in [2.05, 4.69) is 4.98 Å². The topological polar surface area (TPSA) is 42.4 Å². The van der Waals surface area contributed by atoms with Gasteiger partial charge in [-0.05, 0) is 48.4 Å². The highest BCUT2D eigenvalue weighted by atomic mass is 32.2. The number of aromatic nitrogens is 1. The van der Waals surface area contributed by atoms with Gasteiger partial charge in [-0.2, -0.15) is 11.8 Å². The molecular formula is C19H21FN2O2S. The molecule has 0 saturated carbocycles. The lowest BCUT2D eigenvalue weighted by Crippen LogP contribution is -2.32. The molecule has 0 aliphatic carbocycles. The lowest BCUT2D eigenvalue weighted by atomic mass is 10.0. The number of methoxy groups -OCH3 is 1. The largest absolute Gasteiger partial charge is 0.494 e. The van der Waals surface area contributed by atoms with E-state index >= 15 is 0 Å². The Labute approximate surface area is 151 Å². The van der Waals surface area contributed by atoms with Gasteiger partial charge in [-0.15, -0.1) is 0 Å². The smallest absolute Gasteiger partial charge is 0.273 e. The van der Waals surface area contributed by atoms with Gasteiger partial charge in [-0.3, -0.25) is 9.78 Å². The van der Waals surface area contributed by atoms with E-state index in [0.29, 0.717) is 12.2 Å². The van der Waals surface area contributed by atoms with Gasteiger partial charge in [0.1, 0.15) is 5.69 Å². The van der Waals surface area contributed by atoms with Gasteiger partial charge in [0.05, 0.1) is 13.2 Å². The van der Waals surface area contributed by atoms with Crippen molar-refractivity contribution in [2.45, 2.75) is 24.6 Å². The number of carbonyl (C=O) groups excluding carboxylic acids is 1. The van der Waals surface area contributed by atoms with Crippen molar-refractivity contribution in [3.8, 4) is 5.75 Å². The van der Waals surface area contributed by atoms with E-state index in [0.717, 1.165) is 29.7 Å². The molecule has 0 radical (unpaired) electrons. The van der Waals surface area contributed by atoms with Gasteiger partial charge in [0.25, 0.3) is 5.91 Å². The average molecular weight is 360 g/mol. The lowest BCUT2D eigenvalue weighted by Gasteiger charge is -2.25. The third-order valence-corrected chi connectivity index (χ3v) is 5.07. The summed E-state index contributed by atoms with van der Waals surface area (Å²) in [5.74, 6) is 0.472. The molecule has 2 aromatic rings. The highest BCUT2D eigenvalue weighted by molar-refractivity contribution is 7.97. The molecule has 25 heavy (non-hydrogen) atoms. The summed E-state index contributed by atoms with van der Waals surface area (Å²) in [6.45, 7) is 0.659. The Balaban J connectivity index is 1.89. The maximum Gasteiger partial charge on any atom is 0.273 e. The fourth-order valence-electron chi connectivity index (χ4n) is 3.29. The van der Waals surface area contributed by atoms with Crippen LogP contribution in [0, 0.1) is 5.82 Å². The van der Waals surface area contributed by atoms with E-state index in [1.807, 2.05) is 29.4 Å². The molecule has 0 bridgehead atoms. The van der Waals surface area contributed by atoms with Crippen LogP contribution >= 0.6 is 11.8 Å². The molecule has 1 amide bonds. The first kappa shape index (κ1) is 17.7. The van der Waals surface area contributed by atoms with Gasteiger partial charge in [0.15, 0.2) is 11.6 Å². The molecule has 1 aliphatic rings. The van der Waals surface area contributed by atoms with Crippen molar-refractivity contribution >= 4 is 17.7 Å². The number of amides is 1. The van der Waals surface area contributed by atoms with Crippen molar-refractivity contribution in [3.05, 3.63) is 59.2 Å². The van der Waals surface area contributed by atoms with Crippen LogP contribution in [0.1, 0.15) is 40.5 Å². The molecule has 3 rings (SSSR count). The van der Waals surface area contributed by atoms with Crippen LogP contribution in [0.25, 0.3) is 0 Å². The van der Waals surface area contributed by atoms with E-state index in [-0.39, 0.29) is 17.7 Å². The van der Waals surface area contributed by atoms with Gasteiger partial charge in [-0.25, -0.2) is 4.39 Å². The van der Waals surface area contributed by atoms with Gasteiger partial charge >= 0.3 is 0 Å². The maximum atomic E-state index is 14.1. The summed E-state index contributed by atoms with van der Waals surface area (Å²) in [5, 5.41) is 0. The van der Waals surface area contributed by atoms with E-state index in [9.17, 15) is 9.18 Å². The zero-order valence-electron chi connectivity index (χ0n) is 14.4. The number of rotatable bonds is 5. The minimum atomic E-state index is -0.403. The van der Waals surface area contributed by atoms with Gasteiger partial charge in [-0.1, -0.05) is 12.1 Å². The average Bonchev–Trinajstić information content (AvgIpc) is 3.11. The zero-order chi connectivity index (χ0) is 17.8. The summed E-state index contributed by atoms with van der Waals surface area (Å²) in [6.07, 6.45) is 5.37. The van der Waals surface area contributed by atoms with E-state index in [1.165, 1.54) is 13.2 Å². The van der Waals surface area contributed by atoms with Crippen molar-refractivity contribution in [2.75, 3.05) is 19.9 Å². The molecule has 6 heteroatoms. The number of pyridine rings is 1. The number of halogens is 1. The molecule has 1 saturated heterocycles. The van der Waals surface area contributed by atoms with Gasteiger partial charge in [0, 0.05) is 18.5 Å². The van der Waals surface area contributed by atoms with E-state index in [4.69, 9.17) is 4.74 Å². The quantitative estimate of drug-likeness (QED) is 0.806. The normalized spacial score (nSPS) is 16.9. The van der Waals surface area contributed by atoms with Crippen LogP contribution in [0.5, 0.6) is 5.75 Å². The van der Waals surface area contributed by atoms with Crippen molar-refractivity contribution in [3.63, 3.8) is 0 Å². The number of thioether (sulfide) groups is 1. The van der Waals surface area contributed by atoms with Gasteiger partial charge in [0.2, 0.25) is 0 Å². The second-order valence-corrected chi connectivity index (χ2v) is 6.86. The molecule has 1 aromatic carbocycles. The van der Waals surface area contributed by atoms with Crippen molar-refractivity contribution in [1.29, 1.82) is 0 Å². The van der Waals surface area contributed by atoms with Crippen LogP contribution in [0.15, 0.2) is 36.5 Å². The van der Waals surface area contributed by atoms with Crippen LogP contribution in [-0.2, 0) is 5.75 Å². The first-order valence-corrected chi connectivity index (χ1v) is 9.62. The fourth-order valence-corrected chi connectivity index (χ4v) is 3.83. The SMILES string of the molecule is COc1ccc(C2CCCN2C(=O)c2ncccc2CSC)cc1F. The summed E-state index contributed by atoms with van der Waals surface area (Å²) in [5.41, 5.74) is 2.23. The Bertz CT molecular complexity index is 769. The summed E-state index contributed by atoms with van der Waals surface area (Å²) in [4.78, 5) is 19.2. The minimum Gasteiger partial charge on any atom is -0.494 e. The maximum absolute atomic E-state index is 14.1. The summed E-state index contributed by atoms with van der Waals surface area (Å²) in [7, 11) is 1.44. The predicted molar refractivity (Wildman–Crippen MR) is 97.4 cm³/mol. The number of hydrogen-bond donors (Lipinski definition) is 0. The Morgan fingerprint density at radius 1 is 1.44 bits per heavy atom. The number of carbonyl (C=O) groups is 1. The molecular weight excluding hydrogens is 339 g/mol. The summed E-state index contributed by atoms with van der Waals surface area (Å²) < 4.78 is 19.1. The molecule has 1 aromatic heterocycles. The third kappa shape index (κ3) is 3.63. The molecule has 1 fully saturated rings. The second-order valence-electron chi connectivity index (χ2n) is 5.99. The zero-order valence-corrected chi connectivity index (χ0v) is 15.2. The molecule has 1 aliphatic heterocycles. The van der Waals surface area contributed by atoms with E-state index in [1.54, 1.807) is 24.0 Å². The number of hydrogen-bond acceptors (Lipinski definition) is 4. The number of benzene rings is 1. The third-order valence-electron chi connectivity index (χ3n) is 4.47. The van der Waals surface area contributed by atoms with Crippen LogP contribution in [0.3, 0.4) is 0 Å². The van der Waals surface area contributed by atoms with Crippen LogP contribution in [-0.4, -0.2) is 35.7 Å². The van der Waals surface area contributed by atoms with Gasteiger partial charge < -0.3 is 9.64 Å². The molecule has 1 unspecified atom stereocenters. The number of nitrogens with zero attached hydrogens (tertiary/aromatic N) is 2. The first-order chi connectivity index (χ1) is 12.2. The van der Waals surface area contributed by atoms with Crippen molar-refractivity contribution in [1.82, 2.24) is 9.88 Å². The summed E-state index contributed by atoms with van der Waals surface area (Å²) in [6, 6.07) is 8.58. The summed E-state index contributed by atoms with van der Waals surface area (Å²) >= 11 is 1.66. The fraction of sp³-hybridized carbons (Fsp3) is 0.368. The molecule has 1 atom stereocenters. The van der Waals surface area contributed by atoms with Crippen molar-refractivity contribution in [2.24, 2.45) is 0 Å². The molecule has 0 spiro atoms. The number of likely N-dealkylation sites (tertiary alicyclic amines) is 1. The van der Waals surface area contributed by atoms with Crippen molar-refractivity contribution < 1.29 is 13.9 Å².